The van der Waals surface area contributed by atoms with Crippen LogP contribution in [-0.4, -0.2) is 66.3 Å². The monoisotopic (exact) mass is 385 g/mol. The molecule has 2 aliphatic heterocycles. The van der Waals surface area contributed by atoms with E-state index >= 15 is 0 Å². The fourth-order valence-corrected chi connectivity index (χ4v) is 3.33. The Morgan fingerprint density at radius 3 is 2.42 bits per heavy atom. The van der Waals surface area contributed by atoms with Gasteiger partial charge in [0, 0.05) is 38.5 Å². The number of hydrogen-bond acceptors (Lipinski definition) is 4. The van der Waals surface area contributed by atoms with Crippen LogP contribution in [0.5, 0.6) is 5.75 Å². The molecule has 1 aromatic rings. The third-order valence-electron chi connectivity index (χ3n) is 4.41. The number of nitrogens with zero attached hydrogens (tertiary/aromatic N) is 2. The van der Waals surface area contributed by atoms with Gasteiger partial charge in [-0.05, 0) is 49.3 Å². The van der Waals surface area contributed by atoms with Gasteiger partial charge in [0.1, 0.15) is 11.9 Å². The van der Waals surface area contributed by atoms with E-state index in [4.69, 9.17) is 17.0 Å². The molecule has 2 fully saturated rings. The molecule has 9 heteroatoms. The zero-order valence-electron chi connectivity index (χ0n) is 14.2. The normalized spacial score (nSPS) is 20.3. The summed E-state index contributed by atoms with van der Waals surface area (Å²) in [5.41, 5.74) is 0.689. The molecule has 1 atom stereocenters. The van der Waals surface area contributed by atoms with Gasteiger partial charge in [0.05, 0.1) is 0 Å². The molecule has 1 N–H and O–H groups in total. The van der Waals surface area contributed by atoms with Crippen LogP contribution < -0.4 is 10.1 Å². The molecule has 0 aromatic heterocycles. The third-order valence-corrected chi connectivity index (χ3v) is 4.77. The Morgan fingerprint density at radius 1 is 1.19 bits per heavy atom. The summed E-state index contributed by atoms with van der Waals surface area (Å²) in [5.74, 6) is 0.161. The Morgan fingerprint density at radius 2 is 1.85 bits per heavy atom. The van der Waals surface area contributed by atoms with Crippen LogP contribution in [0.15, 0.2) is 24.3 Å². The summed E-state index contributed by atoms with van der Waals surface area (Å²) in [7, 11) is 0. The lowest BCUT2D eigenvalue weighted by atomic mass is 10.2. The number of alkyl halides is 2. The number of anilines is 1. The Kier molecular flexibility index (Phi) is 6.20. The number of nitrogens with one attached hydrogen (secondary N) is 1. The number of amides is 1. The molecule has 1 unspecified atom stereocenters. The molecule has 2 aliphatic rings. The van der Waals surface area contributed by atoms with E-state index in [0.717, 1.165) is 12.8 Å². The first-order valence-electron chi connectivity index (χ1n) is 8.54. The summed E-state index contributed by atoms with van der Waals surface area (Å²) in [6.07, 6.45) is 1.44. The highest BCUT2D eigenvalue weighted by molar-refractivity contribution is 7.80. The van der Waals surface area contributed by atoms with Crippen molar-refractivity contribution in [1.29, 1.82) is 0 Å². The highest BCUT2D eigenvalue weighted by Gasteiger charge is 2.30. The molecule has 142 valence electrons. The van der Waals surface area contributed by atoms with E-state index in [1.165, 1.54) is 12.1 Å². The van der Waals surface area contributed by atoms with Gasteiger partial charge < -0.3 is 24.6 Å². The molecular formula is C17H21F2N3O3S. The predicted octanol–water partition coefficient (Wildman–Crippen LogP) is 2.31. The summed E-state index contributed by atoms with van der Waals surface area (Å²) in [6.45, 7) is 0.284. The third kappa shape index (κ3) is 4.79. The number of halogens is 2. The van der Waals surface area contributed by atoms with Gasteiger partial charge in [0.2, 0.25) is 0 Å². The first-order valence-corrected chi connectivity index (χ1v) is 8.95. The van der Waals surface area contributed by atoms with Crippen molar-refractivity contribution in [3.8, 4) is 5.75 Å². The van der Waals surface area contributed by atoms with E-state index in [-0.39, 0.29) is 17.8 Å². The van der Waals surface area contributed by atoms with Gasteiger partial charge in [-0.2, -0.15) is 8.78 Å². The maximum atomic E-state index is 12.3. The minimum Gasteiger partial charge on any atom is -0.435 e. The van der Waals surface area contributed by atoms with E-state index < -0.39 is 6.61 Å². The van der Waals surface area contributed by atoms with E-state index in [1.807, 2.05) is 9.80 Å². The highest BCUT2D eigenvalue weighted by Crippen LogP contribution is 2.19. The van der Waals surface area contributed by atoms with E-state index in [2.05, 4.69) is 10.1 Å². The average molecular weight is 385 g/mol. The molecular weight excluding hydrogens is 364 g/mol. The lowest BCUT2D eigenvalue weighted by molar-refractivity contribution is -0.142. The largest absolute Gasteiger partial charge is 0.435 e. The average Bonchev–Trinajstić information content (AvgIpc) is 3.17. The number of carbonyl (C=O) groups is 1. The standard InChI is InChI=1S/C17H21F2N3O3S/c18-16(19)25-13-5-3-12(4-6-13)20-17(26)22-9-7-21(8-10-22)15(23)14-2-1-11-24-14/h3-6,14,16H,1-2,7-11H2,(H,20,26). The van der Waals surface area contributed by atoms with E-state index in [1.54, 1.807) is 12.1 Å². The van der Waals surface area contributed by atoms with Crippen molar-refractivity contribution < 1.29 is 23.0 Å². The van der Waals surface area contributed by atoms with Crippen molar-refractivity contribution in [2.24, 2.45) is 0 Å². The SMILES string of the molecule is O=C(C1CCCO1)N1CCN(C(=S)Nc2ccc(OC(F)F)cc2)CC1. The van der Waals surface area contributed by atoms with Crippen LogP contribution in [0.4, 0.5) is 14.5 Å². The topological polar surface area (TPSA) is 54.0 Å². The molecule has 0 spiro atoms. The minimum absolute atomic E-state index is 0.0654. The molecule has 3 rings (SSSR count). The zero-order valence-corrected chi connectivity index (χ0v) is 15.0. The Labute approximate surface area is 156 Å². The summed E-state index contributed by atoms with van der Waals surface area (Å²) >= 11 is 5.41. The van der Waals surface area contributed by atoms with Crippen LogP contribution in [0.25, 0.3) is 0 Å². The first-order chi connectivity index (χ1) is 12.5. The van der Waals surface area contributed by atoms with Crippen molar-refractivity contribution in [2.75, 3.05) is 38.1 Å². The molecule has 0 saturated carbocycles. The van der Waals surface area contributed by atoms with Crippen LogP contribution in [0.3, 0.4) is 0 Å². The van der Waals surface area contributed by atoms with Crippen LogP contribution >= 0.6 is 12.2 Å². The van der Waals surface area contributed by atoms with Gasteiger partial charge in [-0.15, -0.1) is 0 Å². The molecule has 2 heterocycles. The summed E-state index contributed by atoms with van der Waals surface area (Å²) < 4.78 is 34.1. The number of carbonyl (C=O) groups excluding carboxylic acids is 1. The lowest BCUT2D eigenvalue weighted by Crippen LogP contribution is -2.53. The van der Waals surface area contributed by atoms with Crippen molar-refractivity contribution in [1.82, 2.24) is 9.80 Å². The van der Waals surface area contributed by atoms with E-state index in [0.29, 0.717) is 43.6 Å². The molecule has 1 amide bonds. The molecule has 0 aliphatic carbocycles. The zero-order chi connectivity index (χ0) is 18.5. The minimum atomic E-state index is -2.84. The summed E-state index contributed by atoms with van der Waals surface area (Å²) in [6, 6.07) is 6.16. The van der Waals surface area contributed by atoms with Gasteiger partial charge in [-0.3, -0.25) is 4.79 Å². The van der Waals surface area contributed by atoms with Gasteiger partial charge in [0.25, 0.3) is 5.91 Å². The van der Waals surface area contributed by atoms with Crippen molar-refractivity contribution in [3.05, 3.63) is 24.3 Å². The first kappa shape index (κ1) is 18.8. The van der Waals surface area contributed by atoms with Crippen molar-refractivity contribution in [2.45, 2.75) is 25.6 Å². The smallest absolute Gasteiger partial charge is 0.387 e. The second-order valence-electron chi connectivity index (χ2n) is 6.15. The van der Waals surface area contributed by atoms with Crippen molar-refractivity contribution >= 4 is 28.9 Å². The van der Waals surface area contributed by atoms with Crippen LogP contribution in [0.1, 0.15) is 12.8 Å². The van der Waals surface area contributed by atoms with E-state index in [9.17, 15) is 13.6 Å². The number of piperazine rings is 1. The Hall–Kier alpha value is -2.00. The van der Waals surface area contributed by atoms with Crippen LogP contribution in [0.2, 0.25) is 0 Å². The second-order valence-corrected chi connectivity index (χ2v) is 6.53. The Balaban J connectivity index is 1.46. The predicted molar refractivity (Wildman–Crippen MR) is 96.4 cm³/mol. The van der Waals surface area contributed by atoms with Gasteiger partial charge in [0.15, 0.2) is 5.11 Å². The van der Waals surface area contributed by atoms with Gasteiger partial charge in [-0.25, -0.2) is 0 Å². The van der Waals surface area contributed by atoms with Gasteiger partial charge in [-0.1, -0.05) is 0 Å². The summed E-state index contributed by atoms with van der Waals surface area (Å²) in [4.78, 5) is 16.2. The highest BCUT2D eigenvalue weighted by atomic mass is 32.1. The molecule has 0 bridgehead atoms. The lowest BCUT2D eigenvalue weighted by Gasteiger charge is -2.37. The molecule has 2 saturated heterocycles. The maximum absolute atomic E-state index is 12.3. The number of rotatable bonds is 4. The summed E-state index contributed by atoms with van der Waals surface area (Å²) in [5, 5.41) is 3.62. The maximum Gasteiger partial charge on any atom is 0.387 e. The Bertz CT molecular complexity index is 631. The fraction of sp³-hybridized carbons (Fsp3) is 0.529. The number of hydrogen-bond donors (Lipinski definition) is 1. The number of ether oxygens (including phenoxy) is 2. The second kappa shape index (κ2) is 8.59. The fourth-order valence-electron chi connectivity index (χ4n) is 3.03. The molecule has 0 radical (unpaired) electrons. The van der Waals surface area contributed by atoms with Gasteiger partial charge >= 0.3 is 6.61 Å². The molecule has 6 nitrogen and oxygen atoms in total. The molecule has 26 heavy (non-hydrogen) atoms. The molecule has 1 aromatic carbocycles. The van der Waals surface area contributed by atoms with Crippen LogP contribution in [0, 0.1) is 0 Å². The van der Waals surface area contributed by atoms with Crippen LogP contribution in [-0.2, 0) is 9.53 Å². The number of benzene rings is 1. The quantitative estimate of drug-likeness (QED) is 0.803. The number of thiocarbonyl (C=S) groups is 1. The van der Waals surface area contributed by atoms with Crippen molar-refractivity contribution in [3.63, 3.8) is 0 Å².